The third-order valence-corrected chi connectivity index (χ3v) is 10.4. The molecule has 240 valence electrons. The van der Waals surface area contributed by atoms with Crippen LogP contribution in [0.25, 0.3) is 32.8 Å². The smallest absolute Gasteiger partial charge is 0.319 e. The van der Waals surface area contributed by atoms with Gasteiger partial charge in [0, 0.05) is 48.7 Å². The quantitative estimate of drug-likeness (QED) is 0.295. The highest BCUT2D eigenvalue weighted by Crippen LogP contribution is 2.40. The molecule has 0 saturated carbocycles. The Bertz CT molecular complexity index is 1810. The summed E-state index contributed by atoms with van der Waals surface area (Å²) in [6, 6.07) is 14.5. The SMILES string of the molecule is CN1CCCC1COc1nc(N2CC3CCC(C2)N3C(=O)[C@@H]2C[C@@H](O)CN2)c2ccc(-c3cc(O)cc4ccccc34)c(F)c2n1. The number of hydrogen-bond donors (Lipinski definition) is 3. The Kier molecular flexibility index (Phi) is 7.42. The first kappa shape index (κ1) is 29.3. The molecule has 1 amide bonds. The van der Waals surface area contributed by atoms with E-state index in [4.69, 9.17) is 9.72 Å². The van der Waals surface area contributed by atoms with Gasteiger partial charge in [-0.2, -0.15) is 9.97 Å². The molecule has 46 heavy (non-hydrogen) atoms. The van der Waals surface area contributed by atoms with Gasteiger partial charge >= 0.3 is 6.01 Å². The maximum atomic E-state index is 16.7. The Morgan fingerprint density at radius 1 is 1.04 bits per heavy atom. The molecule has 5 atom stereocenters. The number of carbonyl (C=O) groups is 1. The summed E-state index contributed by atoms with van der Waals surface area (Å²) in [5, 5.41) is 25.9. The number of rotatable bonds is 6. The molecule has 4 aliphatic rings. The molecule has 3 unspecified atom stereocenters. The van der Waals surface area contributed by atoms with Gasteiger partial charge in [0.15, 0.2) is 5.82 Å². The van der Waals surface area contributed by atoms with E-state index in [1.54, 1.807) is 18.2 Å². The normalized spacial score (nSPS) is 26.5. The van der Waals surface area contributed by atoms with Gasteiger partial charge in [0.1, 0.15) is 23.7 Å². The highest BCUT2D eigenvalue weighted by atomic mass is 19.1. The monoisotopic (exact) mass is 626 g/mol. The third-order valence-electron chi connectivity index (χ3n) is 10.4. The zero-order valence-electron chi connectivity index (χ0n) is 25.9. The van der Waals surface area contributed by atoms with E-state index in [9.17, 15) is 15.0 Å². The van der Waals surface area contributed by atoms with Gasteiger partial charge in [-0.05, 0) is 80.2 Å². The molecule has 0 radical (unpaired) electrons. The summed E-state index contributed by atoms with van der Waals surface area (Å²) in [6.07, 6.45) is 3.82. The van der Waals surface area contributed by atoms with Crippen LogP contribution < -0.4 is 15.0 Å². The lowest BCUT2D eigenvalue weighted by molar-refractivity contribution is -0.136. The number of amides is 1. The lowest BCUT2D eigenvalue weighted by Gasteiger charge is -2.42. The minimum atomic E-state index is -0.500. The Morgan fingerprint density at radius 3 is 2.59 bits per heavy atom. The maximum Gasteiger partial charge on any atom is 0.319 e. The van der Waals surface area contributed by atoms with Crippen LogP contribution in [0.5, 0.6) is 11.8 Å². The predicted molar refractivity (Wildman–Crippen MR) is 174 cm³/mol. The van der Waals surface area contributed by atoms with Crippen molar-refractivity contribution in [3.63, 3.8) is 0 Å². The fraction of sp³-hybridized carbons (Fsp3) is 0.457. The van der Waals surface area contributed by atoms with Gasteiger partial charge < -0.3 is 35.0 Å². The number of hydrogen-bond acceptors (Lipinski definition) is 9. The number of aromatic nitrogens is 2. The average molecular weight is 627 g/mol. The van der Waals surface area contributed by atoms with Gasteiger partial charge in [0.05, 0.1) is 12.1 Å². The number of ether oxygens (including phenoxy) is 1. The molecule has 3 aromatic carbocycles. The number of likely N-dealkylation sites (N-methyl/N-ethyl adjacent to an activating group) is 1. The highest BCUT2D eigenvalue weighted by Gasteiger charge is 2.46. The minimum Gasteiger partial charge on any atom is -0.508 e. The molecule has 8 rings (SSSR count). The van der Waals surface area contributed by atoms with E-state index in [2.05, 4.69) is 27.1 Å². The van der Waals surface area contributed by atoms with Gasteiger partial charge in [-0.3, -0.25) is 4.79 Å². The summed E-state index contributed by atoms with van der Waals surface area (Å²) in [7, 11) is 2.08. The number of nitrogens with zero attached hydrogens (tertiary/aromatic N) is 5. The van der Waals surface area contributed by atoms with Gasteiger partial charge in [-0.15, -0.1) is 0 Å². The molecule has 3 N–H and O–H groups in total. The van der Waals surface area contributed by atoms with Crippen molar-refractivity contribution in [1.82, 2.24) is 25.1 Å². The number of phenolic OH excluding ortho intramolecular Hbond substituents is 1. The predicted octanol–water partition coefficient (Wildman–Crippen LogP) is 3.67. The summed E-state index contributed by atoms with van der Waals surface area (Å²) >= 11 is 0. The molecule has 4 aromatic rings. The average Bonchev–Trinajstić information content (AvgIpc) is 3.75. The molecule has 0 aliphatic carbocycles. The lowest BCUT2D eigenvalue weighted by Crippen LogP contribution is -2.59. The van der Waals surface area contributed by atoms with Crippen LogP contribution in [0.3, 0.4) is 0 Å². The lowest BCUT2D eigenvalue weighted by atomic mass is 9.96. The number of anilines is 1. The van der Waals surface area contributed by atoms with Crippen molar-refractivity contribution in [3.05, 3.63) is 54.3 Å². The number of halogens is 1. The number of aliphatic hydroxyl groups is 1. The van der Waals surface area contributed by atoms with E-state index >= 15 is 4.39 Å². The molecular weight excluding hydrogens is 587 g/mol. The second-order valence-corrected chi connectivity index (χ2v) is 13.3. The van der Waals surface area contributed by atoms with Crippen LogP contribution in [-0.4, -0.2) is 106 Å². The topological polar surface area (TPSA) is 114 Å². The van der Waals surface area contributed by atoms with Crippen molar-refractivity contribution >= 4 is 33.4 Å². The molecule has 0 spiro atoms. The number of piperazine rings is 1. The molecule has 5 heterocycles. The second kappa shape index (κ2) is 11.6. The summed E-state index contributed by atoms with van der Waals surface area (Å²) in [4.78, 5) is 29.5. The van der Waals surface area contributed by atoms with Crippen LogP contribution in [-0.2, 0) is 4.79 Å². The van der Waals surface area contributed by atoms with Crippen molar-refractivity contribution in [3.8, 4) is 22.9 Å². The zero-order valence-corrected chi connectivity index (χ0v) is 25.9. The van der Waals surface area contributed by atoms with Crippen LogP contribution in [0.1, 0.15) is 32.1 Å². The maximum absolute atomic E-state index is 16.7. The van der Waals surface area contributed by atoms with E-state index in [-0.39, 0.29) is 47.4 Å². The number of nitrogens with one attached hydrogen (secondary N) is 1. The van der Waals surface area contributed by atoms with Crippen molar-refractivity contribution in [1.29, 1.82) is 0 Å². The molecule has 1 aromatic heterocycles. The van der Waals surface area contributed by atoms with E-state index in [0.29, 0.717) is 55.0 Å². The first-order chi connectivity index (χ1) is 22.3. The summed E-state index contributed by atoms with van der Waals surface area (Å²) in [6.45, 7) is 2.98. The number of benzene rings is 3. The highest BCUT2D eigenvalue weighted by molar-refractivity contribution is 6.01. The number of fused-ring (bicyclic) bond motifs is 4. The molecular formula is C35H39FN6O4. The Hall–Kier alpha value is -4.06. The molecule has 11 heteroatoms. The Labute approximate surface area is 266 Å². The zero-order chi connectivity index (χ0) is 31.5. The fourth-order valence-electron chi connectivity index (χ4n) is 8.04. The summed E-state index contributed by atoms with van der Waals surface area (Å²) < 4.78 is 23.0. The standard InChI is InChI=1S/C35H39FN6O4/c1-40-12-4-6-23(40)19-46-35-38-32-28(11-10-27(31(32)36)29-14-24(43)13-20-5-2-3-7-26(20)29)33(39-35)41-17-21-8-9-22(18-41)42(21)34(45)30-15-25(44)16-37-30/h2-3,5,7,10-11,13-14,21-23,25,30,37,43-44H,4,6,8-9,12,15-19H2,1H3/t21?,22?,23?,25-,30+/m1/s1. The van der Waals surface area contributed by atoms with Crippen molar-refractivity contribution < 1.29 is 24.1 Å². The fourth-order valence-corrected chi connectivity index (χ4v) is 8.04. The first-order valence-corrected chi connectivity index (χ1v) is 16.4. The van der Waals surface area contributed by atoms with Gasteiger partial charge in [-0.25, -0.2) is 4.39 Å². The largest absolute Gasteiger partial charge is 0.508 e. The van der Waals surface area contributed by atoms with Gasteiger partial charge in [0.2, 0.25) is 5.91 Å². The van der Waals surface area contributed by atoms with Crippen molar-refractivity contribution in [2.45, 2.75) is 62.4 Å². The van der Waals surface area contributed by atoms with E-state index in [1.165, 1.54) is 0 Å². The van der Waals surface area contributed by atoms with Crippen molar-refractivity contribution in [2.75, 3.05) is 44.7 Å². The van der Waals surface area contributed by atoms with E-state index in [1.807, 2.05) is 35.2 Å². The molecule has 4 saturated heterocycles. The van der Waals surface area contributed by atoms with Crippen LogP contribution in [0.4, 0.5) is 10.2 Å². The Balaban J connectivity index is 1.18. The number of aliphatic hydroxyl groups excluding tert-OH is 1. The first-order valence-electron chi connectivity index (χ1n) is 16.4. The number of aromatic hydroxyl groups is 1. The number of β-amino-alcohol motifs (C(OH)–C–C–N with tert-alkyl or cyclic N) is 1. The molecule has 10 nitrogen and oxygen atoms in total. The van der Waals surface area contributed by atoms with Crippen LogP contribution in [0, 0.1) is 5.82 Å². The number of phenols is 1. The van der Waals surface area contributed by atoms with Gasteiger partial charge in [-0.1, -0.05) is 30.3 Å². The van der Waals surface area contributed by atoms with Crippen molar-refractivity contribution in [2.24, 2.45) is 0 Å². The second-order valence-electron chi connectivity index (χ2n) is 13.3. The van der Waals surface area contributed by atoms with Crippen LogP contribution in [0.15, 0.2) is 48.5 Å². The summed E-state index contributed by atoms with van der Waals surface area (Å²) in [5.41, 5.74) is 1.09. The van der Waals surface area contributed by atoms with E-state index in [0.717, 1.165) is 43.0 Å². The molecule has 4 fully saturated rings. The number of carbonyl (C=O) groups excluding carboxylic acids is 1. The van der Waals surface area contributed by atoms with E-state index < -0.39 is 11.9 Å². The minimum absolute atomic E-state index is 0.00454. The van der Waals surface area contributed by atoms with Crippen LogP contribution >= 0.6 is 0 Å². The number of likely N-dealkylation sites (tertiary alicyclic amines) is 1. The Morgan fingerprint density at radius 2 is 1.85 bits per heavy atom. The van der Waals surface area contributed by atoms with Crippen LogP contribution in [0.2, 0.25) is 0 Å². The summed E-state index contributed by atoms with van der Waals surface area (Å²) in [5.74, 6) is 0.216. The third kappa shape index (κ3) is 5.10. The molecule has 4 aliphatic heterocycles. The molecule has 2 bridgehead atoms. The van der Waals surface area contributed by atoms with Gasteiger partial charge in [0.25, 0.3) is 0 Å².